The molecule has 3 N–H and O–H groups in total. The van der Waals surface area contributed by atoms with Crippen LogP contribution in [0.5, 0.6) is 0 Å². The van der Waals surface area contributed by atoms with Crippen LogP contribution in [0.15, 0.2) is 30.3 Å². The van der Waals surface area contributed by atoms with E-state index in [0.717, 1.165) is 0 Å². The van der Waals surface area contributed by atoms with Crippen LogP contribution in [0.3, 0.4) is 0 Å². The van der Waals surface area contributed by atoms with Crippen molar-refractivity contribution in [1.29, 1.82) is 0 Å². The Morgan fingerprint density at radius 2 is 1.88 bits per heavy atom. The molecule has 5 heteroatoms. The van der Waals surface area contributed by atoms with Crippen LogP contribution in [0.2, 0.25) is 0 Å². The topological polar surface area (TPSA) is 86.6 Å². The fraction of sp³-hybridized carbons (Fsp3) is 0.333. The number of carboxylic acids is 1. The molecule has 17 heavy (non-hydrogen) atoms. The molecule has 0 bridgehead atoms. The van der Waals surface area contributed by atoms with Gasteiger partial charge in [-0.05, 0) is 5.56 Å². The SMILES string of the molecule is CCC(=O)N[C@@H](C(=O)O)[C@@H](O)c1ccccc1. The minimum atomic E-state index is -1.33. The molecule has 0 aliphatic rings. The van der Waals surface area contributed by atoms with Crippen LogP contribution < -0.4 is 5.32 Å². The van der Waals surface area contributed by atoms with Crippen LogP contribution in [-0.2, 0) is 9.59 Å². The van der Waals surface area contributed by atoms with Gasteiger partial charge in [-0.1, -0.05) is 37.3 Å². The molecule has 0 radical (unpaired) electrons. The minimum Gasteiger partial charge on any atom is -0.480 e. The van der Waals surface area contributed by atoms with Crippen molar-refractivity contribution >= 4 is 11.9 Å². The maximum absolute atomic E-state index is 11.2. The largest absolute Gasteiger partial charge is 0.480 e. The van der Waals surface area contributed by atoms with E-state index in [4.69, 9.17) is 5.11 Å². The molecule has 0 saturated carbocycles. The van der Waals surface area contributed by atoms with Gasteiger partial charge in [-0.3, -0.25) is 4.79 Å². The molecular formula is C12H15NO4. The second-order valence-corrected chi connectivity index (χ2v) is 3.59. The maximum Gasteiger partial charge on any atom is 0.329 e. The molecule has 1 aromatic rings. The van der Waals surface area contributed by atoms with Gasteiger partial charge in [-0.25, -0.2) is 4.79 Å². The average molecular weight is 237 g/mol. The first kappa shape index (κ1) is 13.2. The molecule has 1 aromatic carbocycles. The normalized spacial score (nSPS) is 13.8. The molecule has 0 spiro atoms. The van der Waals surface area contributed by atoms with Crippen molar-refractivity contribution in [1.82, 2.24) is 5.32 Å². The van der Waals surface area contributed by atoms with E-state index in [1.807, 2.05) is 0 Å². The van der Waals surface area contributed by atoms with Gasteiger partial charge in [-0.2, -0.15) is 0 Å². The number of rotatable bonds is 5. The highest BCUT2D eigenvalue weighted by Crippen LogP contribution is 2.16. The lowest BCUT2D eigenvalue weighted by atomic mass is 10.0. The number of nitrogens with one attached hydrogen (secondary N) is 1. The van der Waals surface area contributed by atoms with E-state index in [9.17, 15) is 14.7 Å². The van der Waals surface area contributed by atoms with Gasteiger partial charge < -0.3 is 15.5 Å². The van der Waals surface area contributed by atoms with Crippen molar-refractivity contribution in [3.05, 3.63) is 35.9 Å². The lowest BCUT2D eigenvalue weighted by molar-refractivity contribution is -0.145. The molecule has 1 amide bonds. The number of hydrogen-bond acceptors (Lipinski definition) is 3. The number of carbonyl (C=O) groups is 2. The zero-order valence-corrected chi connectivity index (χ0v) is 9.46. The van der Waals surface area contributed by atoms with Crippen molar-refractivity contribution in [2.75, 3.05) is 0 Å². The number of benzene rings is 1. The summed E-state index contributed by atoms with van der Waals surface area (Å²) in [5, 5.41) is 21.2. The predicted molar refractivity (Wildman–Crippen MR) is 61.3 cm³/mol. The van der Waals surface area contributed by atoms with Crippen LogP contribution >= 0.6 is 0 Å². The summed E-state index contributed by atoms with van der Waals surface area (Å²) in [6.45, 7) is 1.61. The summed E-state index contributed by atoms with van der Waals surface area (Å²) in [4.78, 5) is 22.2. The van der Waals surface area contributed by atoms with E-state index < -0.39 is 24.0 Å². The molecule has 1 rings (SSSR count). The van der Waals surface area contributed by atoms with E-state index in [1.54, 1.807) is 37.3 Å². The lowest BCUT2D eigenvalue weighted by Crippen LogP contribution is -2.44. The third kappa shape index (κ3) is 3.57. The fourth-order valence-electron chi connectivity index (χ4n) is 1.39. The number of carbonyl (C=O) groups excluding carboxylic acids is 1. The predicted octanol–water partition coefficient (Wildman–Crippen LogP) is 0.699. The lowest BCUT2D eigenvalue weighted by Gasteiger charge is -2.20. The Bertz CT molecular complexity index is 391. The van der Waals surface area contributed by atoms with Crippen molar-refractivity contribution < 1.29 is 19.8 Å². The zero-order chi connectivity index (χ0) is 12.8. The zero-order valence-electron chi connectivity index (χ0n) is 9.46. The Morgan fingerprint density at radius 3 is 2.35 bits per heavy atom. The quantitative estimate of drug-likeness (QED) is 0.703. The Morgan fingerprint density at radius 1 is 1.29 bits per heavy atom. The molecule has 0 heterocycles. The third-order valence-corrected chi connectivity index (χ3v) is 2.36. The van der Waals surface area contributed by atoms with Gasteiger partial charge in [0.1, 0.15) is 6.10 Å². The van der Waals surface area contributed by atoms with Crippen LogP contribution in [0.25, 0.3) is 0 Å². The van der Waals surface area contributed by atoms with Gasteiger partial charge in [-0.15, -0.1) is 0 Å². The molecule has 92 valence electrons. The summed E-state index contributed by atoms with van der Waals surface area (Å²) in [5.74, 6) is -1.67. The highest BCUT2D eigenvalue weighted by molar-refractivity contribution is 5.83. The monoisotopic (exact) mass is 237 g/mol. The highest BCUT2D eigenvalue weighted by atomic mass is 16.4. The summed E-state index contributed by atoms with van der Waals surface area (Å²) >= 11 is 0. The first-order valence-corrected chi connectivity index (χ1v) is 5.31. The molecule has 0 aliphatic carbocycles. The Balaban J connectivity index is 2.84. The van der Waals surface area contributed by atoms with E-state index >= 15 is 0 Å². The Kier molecular flexibility index (Phi) is 4.66. The van der Waals surface area contributed by atoms with E-state index in [1.165, 1.54) is 0 Å². The van der Waals surface area contributed by atoms with Gasteiger partial charge in [0, 0.05) is 6.42 Å². The molecular weight excluding hydrogens is 222 g/mol. The first-order valence-electron chi connectivity index (χ1n) is 5.31. The summed E-state index contributed by atoms with van der Waals surface area (Å²) in [5.41, 5.74) is 0.455. The minimum absolute atomic E-state index is 0.172. The van der Waals surface area contributed by atoms with Crippen LogP contribution in [0.1, 0.15) is 25.0 Å². The van der Waals surface area contributed by atoms with E-state index in [0.29, 0.717) is 5.56 Å². The molecule has 2 atom stereocenters. The smallest absolute Gasteiger partial charge is 0.329 e. The number of aliphatic carboxylic acids is 1. The standard InChI is InChI=1S/C12H15NO4/c1-2-9(14)13-10(12(16)17)11(15)8-6-4-3-5-7-8/h3-7,10-11,15H,2H2,1H3,(H,13,14)(H,16,17)/t10-,11+/m1/s1. The van der Waals surface area contributed by atoms with Crippen molar-refractivity contribution in [2.24, 2.45) is 0 Å². The molecule has 0 aromatic heterocycles. The maximum atomic E-state index is 11.2. The van der Waals surface area contributed by atoms with Crippen molar-refractivity contribution in [2.45, 2.75) is 25.5 Å². The van der Waals surface area contributed by atoms with Crippen LogP contribution in [-0.4, -0.2) is 28.1 Å². The van der Waals surface area contributed by atoms with Crippen molar-refractivity contribution in [3.8, 4) is 0 Å². The van der Waals surface area contributed by atoms with Crippen LogP contribution in [0, 0.1) is 0 Å². The summed E-state index contributed by atoms with van der Waals surface area (Å²) in [7, 11) is 0. The summed E-state index contributed by atoms with van der Waals surface area (Å²) in [6.07, 6.45) is -1.09. The van der Waals surface area contributed by atoms with Gasteiger partial charge in [0.2, 0.25) is 5.91 Å². The van der Waals surface area contributed by atoms with Gasteiger partial charge in [0.25, 0.3) is 0 Å². The molecule has 0 fully saturated rings. The van der Waals surface area contributed by atoms with Gasteiger partial charge >= 0.3 is 5.97 Å². The number of amides is 1. The molecule has 0 aliphatic heterocycles. The van der Waals surface area contributed by atoms with Crippen molar-refractivity contribution in [3.63, 3.8) is 0 Å². The highest BCUT2D eigenvalue weighted by Gasteiger charge is 2.28. The number of aliphatic hydroxyl groups excluding tert-OH is 1. The Labute approximate surface area is 99.1 Å². The van der Waals surface area contributed by atoms with E-state index in [2.05, 4.69) is 5.32 Å². The Hall–Kier alpha value is -1.88. The first-order chi connectivity index (χ1) is 8.06. The van der Waals surface area contributed by atoms with Gasteiger partial charge in [0.15, 0.2) is 6.04 Å². The third-order valence-electron chi connectivity index (χ3n) is 2.36. The molecule has 5 nitrogen and oxygen atoms in total. The second-order valence-electron chi connectivity index (χ2n) is 3.59. The number of carboxylic acid groups (broad SMARTS) is 1. The summed E-state index contributed by atoms with van der Waals surface area (Å²) < 4.78 is 0. The second kappa shape index (κ2) is 6.00. The molecule has 0 saturated heterocycles. The van der Waals surface area contributed by atoms with Gasteiger partial charge in [0.05, 0.1) is 0 Å². The number of hydrogen-bond donors (Lipinski definition) is 3. The van der Waals surface area contributed by atoms with E-state index in [-0.39, 0.29) is 6.42 Å². The fourth-order valence-corrected chi connectivity index (χ4v) is 1.39. The molecule has 0 unspecified atom stereocenters. The summed E-state index contributed by atoms with van der Waals surface area (Å²) in [6, 6.07) is 7.04. The average Bonchev–Trinajstić information content (AvgIpc) is 2.35. The number of aliphatic hydroxyl groups is 1. The van der Waals surface area contributed by atoms with Crippen LogP contribution in [0.4, 0.5) is 0 Å².